The van der Waals surface area contributed by atoms with E-state index in [1.165, 1.54) is 18.9 Å². The number of hydrogen-bond donors (Lipinski definition) is 1. The maximum Gasteiger partial charge on any atom is 0.142 e. The molecule has 112 valence electrons. The van der Waals surface area contributed by atoms with Gasteiger partial charge in [0, 0.05) is 19.1 Å². The van der Waals surface area contributed by atoms with Crippen molar-refractivity contribution in [3.63, 3.8) is 0 Å². The van der Waals surface area contributed by atoms with Crippen molar-refractivity contribution in [1.29, 1.82) is 0 Å². The summed E-state index contributed by atoms with van der Waals surface area (Å²) in [4.78, 5) is 2.39. The molecule has 0 aliphatic carbocycles. The Kier molecular flexibility index (Phi) is 5.82. The van der Waals surface area contributed by atoms with E-state index in [-0.39, 0.29) is 10.8 Å². The normalized spacial score (nSPS) is 20.6. The molecule has 1 N–H and O–H groups in total. The summed E-state index contributed by atoms with van der Waals surface area (Å²) in [6.07, 6.45) is 2.48. The van der Waals surface area contributed by atoms with Gasteiger partial charge >= 0.3 is 0 Å². The number of nitrogens with zero attached hydrogens (tertiary/aromatic N) is 1. The number of rotatable bonds is 5. The predicted molar refractivity (Wildman–Crippen MR) is 82.5 cm³/mol. The fraction of sp³-hybridized carbons (Fsp3) is 0.625. The van der Waals surface area contributed by atoms with Crippen LogP contribution in [0.2, 0.25) is 5.02 Å². The second-order valence-electron chi connectivity index (χ2n) is 6.02. The average molecular weight is 299 g/mol. The lowest BCUT2D eigenvalue weighted by molar-refractivity contribution is 0.164. The molecule has 1 atom stereocenters. The van der Waals surface area contributed by atoms with E-state index in [9.17, 15) is 4.39 Å². The maximum absolute atomic E-state index is 13.5. The van der Waals surface area contributed by atoms with E-state index in [0.29, 0.717) is 12.0 Å². The number of hydrogen-bond acceptors (Lipinski definition) is 2. The molecule has 1 aromatic rings. The van der Waals surface area contributed by atoms with Crippen LogP contribution in [0.1, 0.15) is 32.3 Å². The largest absolute Gasteiger partial charge is 0.314 e. The Hall–Kier alpha value is -0.640. The average Bonchev–Trinajstić information content (AvgIpc) is 2.42. The standard InChI is InChI=1S/C16H24ClFN2/c1-12(2)19-9-13-5-4-8-20(10-13)11-14-6-3-7-15(18)16(14)17/h3,6-7,12-13,19H,4-5,8-11H2,1-2H3. The van der Waals surface area contributed by atoms with Gasteiger partial charge in [0.25, 0.3) is 0 Å². The summed E-state index contributed by atoms with van der Waals surface area (Å²) in [5.74, 6) is 0.359. The van der Waals surface area contributed by atoms with Gasteiger partial charge in [0.1, 0.15) is 5.82 Å². The predicted octanol–water partition coefficient (Wildman–Crippen LogP) is 3.69. The third-order valence-electron chi connectivity index (χ3n) is 3.84. The topological polar surface area (TPSA) is 15.3 Å². The van der Waals surface area contributed by atoms with Crippen LogP contribution in [-0.2, 0) is 6.54 Å². The maximum atomic E-state index is 13.5. The zero-order valence-corrected chi connectivity index (χ0v) is 13.1. The lowest BCUT2D eigenvalue weighted by Crippen LogP contribution is -2.40. The van der Waals surface area contributed by atoms with Crippen molar-refractivity contribution in [3.8, 4) is 0 Å². The van der Waals surface area contributed by atoms with Gasteiger partial charge in [0.2, 0.25) is 0 Å². The van der Waals surface area contributed by atoms with Crippen LogP contribution in [0.4, 0.5) is 4.39 Å². The third kappa shape index (κ3) is 4.44. The summed E-state index contributed by atoms with van der Waals surface area (Å²) < 4.78 is 13.5. The highest BCUT2D eigenvalue weighted by molar-refractivity contribution is 6.31. The Morgan fingerprint density at radius 2 is 2.25 bits per heavy atom. The molecule has 20 heavy (non-hydrogen) atoms. The van der Waals surface area contributed by atoms with Crippen LogP contribution in [0.15, 0.2) is 18.2 Å². The highest BCUT2D eigenvalue weighted by Crippen LogP contribution is 2.24. The summed E-state index contributed by atoms with van der Waals surface area (Å²) in [6, 6.07) is 5.60. The summed E-state index contributed by atoms with van der Waals surface area (Å²) >= 11 is 6.04. The quantitative estimate of drug-likeness (QED) is 0.892. The molecular weight excluding hydrogens is 275 g/mol. The molecule has 1 fully saturated rings. The Labute approximate surface area is 126 Å². The molecule has 1 aliphatic rings. The van der Waals surface area contributed by atoms with Crippen molar-refractivity contribution in [1.82, 2.24) is 10.2 Å². The zero-order chi connectivity index (χ0) is 14.5. The second-order valence-corrected chi connectivity index (χ2v) is 6.40. The van der Waals surface area contributed by atoms with Crippen LogP contribution < -0.4 is 5.32 Å². The van der Waals surface area contributed by atoms with Gasteiger partial charge in [-0.3, -0.25) is 4.90 Å². The fourth-order valence-electron chi connectivity index (χ4n) is 2.78. The molecule has 1 saturated heterocycles. The third-order valence-corrected chi connectivity index (χ3v) is 4.27. The first kappa shape index (κ1) is 15.7. The van der Waals surface area contributed by atoms with E-state index in [0.717, 1.165) is 31.7 Å². The lowest BCUT2D eigenvalue weighted by atomic mass is 9.97. The molecule has 0 bridgehead atoms. The minimum atomic E-state index is -0.320. The van der Waals surface area contributed by atoms with Gasteiger partial charge in [0.05, 0.1) is 5.02 Å². The number of halogens is 2. The van der Waals surface area contributed by atoms with Gasteiger partial charge < -0.3 is 5.32 Å². The van der Waals surface area contributed by atoms with Crippen LogP contribution in [0.5, 0.6) is 0 Å². The summed E-state index contributed by atoms with van der Waals surface area (Å²) in [7, 11) is 0. The molecule has 4 heteroatoms. The summed E-state index contributed by atoms with van der Waals surface area (Å²) in [5.41, 5.74) is 0.893. The van der Waals surface area contributed by atoms with Crippen molar-refractivity contribution in [2.75, 3.05) is 19.6 Å². The van der Waals surface area contributed by atoms with E-state index in [4.69, 9.17) is 11.6 Å². The smallest absolute Gasteiger partial charge is 0.142 e. The molecule has 0 amide bonds. The fourth-order valence-corrected chi connectivity index (χ4v) is 2.96. The molecule has 0 spiro atoms. The molecule has 1 aliphatic heterocycles. The Morgan fingerprint density at radius 3 is 3.00 bits per heavy atom. The molecule has 2 nitrogen and oxygen atoms in total. The van der Waals surface area contributed by atoms with Crippen molar-refractivity contribution in [2.45, 2.75) is 39.3 Å². The molecular formula is C16H24ClFN2. The van der Waals surface area contributed by atoms with Gasteiger partial charge in [-0.2, -0.15) is 0 Å². The van der Waals surface area contributed by atoms with E-state index >= 15 is 0 Å². The highest BCUT2D eigenvalue weighted by Gasteiger charge is 2.21. The van der Waals surface area contributed by atoms with Crippen LogP contribution in [0, 0.1) is 11.7 Å². The van der Waals surface area contributed by atoms with Gasteiger partial charge in [-0.1, -0.05) is 37.6 Å². The zero-order valence-electron chi connectivity index (χ0n) is 12.3. The number of likely N-dealkylation sites (tertiary alicyclic amines) is 1. The molecule has 2 rings (SSSR count). The van der Waals surface area contributed by atoms with Crippen LogP contribution in [-0.4, -0.2) is 30.6 Å². The summed E-state index contributed by atoms with van der Waals surface area (Å²) in [6.45, 7) is 8.29. The van der Waals surface area contributed by atoms with Crippen LogP contribution >= 0.6 is 11.6 Å². The summed E-state index contributed by atoms with van der Waals surface area (Å²) in [5, 5.41) is 3.78. The van der Waals surface area contributed by atoms with E-state index in [1.807, 2.05) is 6.07 Å². The molecule has 1 aromatic carbocycles. The van der Waals surface area contributed by atoms with E-state index in [2.05, 4.69) is 24.1 Å². The molecule has 1 heterocycles. The van der Waals surface area contributed by atoms with Crippen molar-refractivity contribution >= 4 is 11.6 Å². The van der Waals surface area contributed by atoms with Crippen LogP contribution in [0.3, 0.4) is 0 Å². The Morgan fingerprint density at radius 1 is 1.45 bits per heavy atom. The van der Waals surface area contributed by atoms with E-state index < -0.39 is 0 Å². The minimum Gasteiger partial charge on any atom is -0.314 e. The first-order valence-electron chi connectivity index (χ1n) is 7.45. The molecule has 1 unspecified atom stereocenters. The van der Waals surface area contributed by atoms with Gasteiger partial charge in [-0.05, 0) is 43.5 Å². The number of benzene rings is 1. The van der Waals surface area contributed by atoms with Crippen molar-refractivity contribution in [2.24, 2.45) is 5.92 Å². The molecule has 0 radical (unpaired) electrons. The second kappa shape index (κ2) is 7.39. The van der Waals surface area contributed by atoms with E-state index in [1.54, 1.807) is 6.07 Å². The minimum absolute atomic E-state index is 0.273. The van der Waals surface area contributed by atoms with Gasteiger partial charge in [0.15, 0.2) is 0 Å². The molecule has 0 aromatic heterocycles. The highest BCUT2D eigenvalue weighted by atomic mass is 35.5. The van der Waals surface area contributed by atoms with Gasteiger partial charge in [-0.25, -0.2) is 4.39 Å². The van der Waals surface area contributed by atoms with Crippen molar-refractivity contribution < 1.29 is 4.39 Å². The number of piperidine rings is 1. The first-order chi connectivity index (χ1) is 9.56. The monoisotopic (exact) mass is 298 g/mol. The Bertz CT molecular complexity index is 436. The number of nitrogens with one attached hydrogen (secondary N) is 1. The first-order valence-corrected chi connectivity index (χ1v) is 7.82. The van der Waals surface area contributed by atoms with Gasteiger partial charge in [-0.15, -0.1) is 0 Å². The lowest BCUT2D eigenvalue weighted by Gasteiger charge is -2.33. The molecule has 0 saturated carbocycles. The van der Waals surface area contributed by atoms with Crippen LogP contribution in [0.25, 0.3) is 0 Å². The SMILES string of the molecule is CC(C)NCC1CCCN(Cc2cccc(F)c2Cl)C1. The van der Waals surface area contributed by atoms with Crippen molar-refractivity contribution in [3.05, 3.63) is 34.6 Å². The Balaban J connectivity index is 1.91.